The Kier molecular flexibility index (Phi) is 8.70. The minimum Gasteiger partial charge on any atom is -0.867 e. The molecular formula is C39H40N2O6S. The highest BCUT2D eigenvalue weighted by Crippen LogP contribution is 2.44. The molecule has 0 aliphatic rings. The molecule has 5 aromatic rings. The molecule has 0 saturated carbocycles. The first-order chi connectivity index (χ1) is 22.3. The summed E-state index contributed by atoms with van der Waals surface area (Å²) in [5.41, 5.74) is 5.25. The number of rotatable bonds is 6. The average Bonchev–Trinajstić information content (AvgIpc) is 2.98. The molecule has 2 N–H and O–H groups in total. The van der Waals surface area contributed by atoms with Gasteiger partial charge >= 0.3 is 15.8 Å². The Bertz CT molecular complexity index is 2130. The number of aryl methyl sites for hydroxylation is 2. The fourth-order valence-electron chi connectivity index (χ4n) is 6.24. The minimum absolute atomic E-state index is 0.0782. The predicted molar refractivity (Wildman–Crippen MR) is 186 cm³/mol. The van der Waals surface area contributed by atoms with Gasteiger partial charge in [-0.1, -0.05) is 77.9 Å². The van der Waals surface area contributed by atoms with Gasteiger partial charge < -0.3 is 19.5 Å². The molecule has 248 valence electrons. The number of diazo groups is 1. The standard InChI is InChI=1S/C39H40N2O6S/c1-22-18-33(42)30(38(3,4)5)20-28(22)36(29-21-31(39(6,7)8)34(43)19-23(29)2)24-12-14-25(15-13-24)47-48(45,46)35-11-9-10-27-26(35)16-17-32(41-40)37(27)44/h9-21,36H,1-8H3,(H2-,42,43,44). The predicted octanol–water partition coefficient (Wildman–Crippen LogP) is 8.97. The Morgan fingerprint density at radius 3 is 1.75 bits per heavy atom. The molecular weight excluding hydrogens is 625 g/mol. The smallest absolute Gasteiger partial charge is 0.378 e. The van der Waals surface area contributed by atoms with Gasteiger partial charge in [0.25, 0.3) is 0 Å². The van der Waals surface area contributed by atoms with Crippen molar-refractivity contribution in [2.24, 2.45) is 0 Å². The first kappa shape index (κ1) is 34.3. The molecule has 0 atom stereocenters. The second-order valence-electron chi connectivity index (χ2n) is 14.4. The molecule has 8 nitrogen and oxygen atoms in total. The molecule has 5 rings (SSSR count). The van der Waals surface area contributed by atoms with E-state index in [2.05, 4.69) is 4.98 Å². The van der Waals surface area contributed by atoms with Crippen LogP contribution in [-0.2, 0) is 20.9 Å². The zero-order chi connectivity index (χ0) is 35.3. The second-order valence-corrected chi connectivity index (χ2v) is 15.9. The maximum Gasteiger partial charge on any atom is 0.378 e. The lowest BCUT2D eigenvalue weighted by Crippen LogP contribution is -2.16. The maximum atomic E-state index is 13.5. The van der Waals surface area contributed by atoms with Crippen molar-refractivity contribution in [1.82, 2.24) is 0 Å². The lowest BCUT2D eigenvalue weighted by atomic mass is 9.75. The van der Waals surface area contributed by atoms with Gasteiger partial charge in [0, 0.05) is 17.4 Å². The first-order valence-corrected chi connectivity index (χ1v) is 17.0. The summed E-state index contributed by atoms with van der Waals surface area (Å²) < 4.78 is 32.6. The highest BCUT2D eigenvalue weighted by Gasteiger charge is 2.29. The Hall–Kier alpha value is -5.07. The number of hydrogen-bond acceptors (Lipinski definition) is 7. The molecule has 0 aliphatic heterocycles. The highest BCUT2D eigenvalue weighted by molar-refractivity contribution is 7.87. The molecule has 48 heavy (non-hydrogen) atoms. The summed E-state index contributed by atoms with van der Waals surface area (Å²) in [5.74, 6) is -0.420. The van der Waals surface area contributed by atoms with Gasteiger partial charge in [0.2, 0.25) is 5.39 Å². The molecule has 0 aromatic heterocycles. The molecule has 0 saturated heterocycles. The molecule has 0 spiro atoms. The van der Waals surface area contributed by atoms with Crippen LogP contribution < -0.4 is 9.29 Å². The van der Waals surface area contributed by atoms with Crippen LogP contribution >= 0.6 is 0 Å². The van der Waals surface area contributed by atoms with Gasteiger partial charge in [-0.3, -0.25) is 0 Å². The van der Waals surface area contributed by atoms with Gasteiger partial charge in [-0.2, -0.15) is 8.42 Å². The fraction of sp³-hybridized carbons (Fsp3) is 0.282. The third kappa shape index (κ3) is 6.41. The Labute approximate surface area is 282 Å². The molecule has 0 bridgehead atoms. The van der Waals surface area contributed by atoms with E-state index in [1.165, 1.54) is 30.3 Å². The summed E-state index contributed by atoms with van der Waals surface area (Å²) >= 11 is 0. The average molecular weight is 665 g/mol. The van der Waals surface area contributed by atoms with Crippen molar-refractivity contribution in [3.8, 4) is 23.0 Å². The van der Waals surface area contributed by atoms with Gasteiger partial charge in [-0.15, -0.1) is 0 Å². The van der Waals surface area contributed by atoms with Crippen LogP contribution in [0.25, 0.3) is 15.7 Å². The van der Waals surface area contributed by atoms with Crippen molar-refractivity contribution in [2.75, 3.05) is 0 Å². The zero-order valence-electron chi connectivity index (χ0n) is 28.4. The van der Waals surface area contributed by atoms with E-state index in [4.69, 9.17) is 9.58 Å². The summed E-state index contributed by atoms with van der Waals surface area (Å²) in [6.07, 6.45) is 0. The molecule has 0 aliphatic carbocycles. The van der Waals surface area contributed by atoms with Gasteiger partial charge in [0.1, 0.15) is 22.1 Å². The van der Waals surface area contributed by atoms with Gasteiger partial charge in [0.15, 0.2) is 4.98 Å². The lowest BCUT2D eigenvalue weighted by Gasteiger charge is -2.29. The third-order valence-electron chi connectivity index (χ3n) is 8.75. The van der Waals surface area contributed by atoms with Crippen LogP contribution in [0.3, 0.4) is 0 Å². The van der Waals surface area contributed by atoms with Crippen LogP contribution in [-0.4, -0.2) is 18.6 Å². The monoisotopic (exact) mass is 664 g/mol. The van der Waals surface area contributed by atoms with Crippen molar-refractivity contribution in [3.63, 3.8) is 0 Å². The van der Waals surface area contributed by atoms with E-state index in [1.54, 1.807) is 24.3 Å². The number of fused-ring (bicyclic) bond motifs is 1. The molecule has 9 heteroatoms. The summed E-state index contributed by atoms with van der Waals surface area (Å²) in [6.45, 7) is 16.2. The molecule has 0 radical (unpaired) electrons. The second kappa shape index (κ2) is 12.2. The Morgan fingerprint density at radius 2 is 1.27 bits per heavy atom. The van der Waals surface area contributed by atoms with Crippen LogP contribution in [0.5, 0.6) is 23.0 Å². The van der Waals surface area contributed by atoms with Crippen LogP contribution in [0.2, 0.25) is 0 Å². The van der Waals surface area contributed by atoms with Gasteiger partial charge in [0.05, 0.1) is 0 Å². The van der Waals surface area contributed by atoms with E-state index < -0.39 is 15.9 Å². The van der Waals surface area contributed by atoms with Crippen LogP contribution in [0.15, 0.2) is 83.8 Å². The van der Waals surface area contributed by atoms with Gasteiger partial charge in [-0.05, 0) is 111 Å². The Morgan fingerprint density at radius 1 is 0.750 bits per heavy atom. The largest absolute Gasteiger partial charge is 0.867 e. The zero-order valence-corrected chi connectivity index (χ0v) is 29.2. The van der Waals surface area contributed by atoms with E-state index in [0.29, 0.717) is 0 Å². The first-order valence-electron chi connectivity index (χ1n) is 15.6. The normalized spacial score (nSPS) is 12.3. The van der Waals surface area contributed by atoms with Crippen molar-refractivity contribution in [2.45, 2.75) is 77.0 Å². The molecule has 5 aromatic carbocycles. The number of nitrogens with zero attached hydrogens (tertiary/aromatic N) is 2. The quantitative estimate of drug-likeness (QED) is 0.105. The van der Waals surface area contributed by atoms with Crippen LogP contribution in [0.4, 0.5) is 5.69 Å². The molecule has 0 unspecified atom stereocenters. The number of phenolic OH excluding ortho intramolecular Hbond substituents is 2. The van der Waals surface area contributed by atoms with Crippen molar-refractivity contribution in [3.05, 3.63) is 123 Å². The van der Waals surface area contributed by atoms with E-state index in [1.807, 2.05) is 79.7 Å². The molecule has 0 heterocycles. The minimum atomic E-state index is -4.37. The van der Waals surface area contributed by atoms with E-state index in [-0.39, 0.29) is 55.4 Å². The number of aromatic hydroxyl groups is 2. The number of benzene rings is 5. The van der Waals surface area contributed by atoms with Gasteiger partial charge in [-0.25, -0.2) is 0 Å². The fourth-order valence-corrected chi connectivity index (χ4v) is 7.39. The van der Waals surface area contributed by atoms with E-state index in [0.717, 1.165) is 38.9 Å². The topological polar surface area (TPSA) is 135 Å². The molecule has 0 fully saturated rings. The number of phenols is 2. The molecule has 0 amide bonds. The summed E-state index contributed by atoms with van der Waals surface area (Å²) in [6, 6.07) is 21.4. The Balaban J connectivity index is 1.63. The van der Waals surface area contributed by atoms with Crippen molar-refractivity contribution >= 4 is 26.6 Å². The third-order valence-corrected chi connectivity index (χ3v) is 10.1. The summed E-state index contributed by atoms with van der Waals surface area (Å²) in [4.78, 5) is 2.79. The SMILES string of the molecule is Cc1cc(O)c(C(C)(C)C)cc1C(c1ccc(OS(=O)(=O)c2cccc3c([O-])c([N+]#N)ccc23)cc1)c1cc(C(C)(C)C)c(O)cc1C. The summed E-state index contributed by atoms with van der Waals surface area (Å²) in [7, 11) is -4.37. The van der Waals surface area contributed by atoms with E-state index in [9.17, 15) is 23.7 Å². The lowest BCUT2D eigenvalue weighted by molar-refractivity contribution is -0.264. The summed E-state index contributed by atoms with van der Waals surface area (Å²) in [5, 5.41) is 43.9. The van der Waals surface area contributed by atoms with Crippen LogP contribution in [0, 0.1) is 19.2 Å². The van der Waals surface area contributed by atoms with Crippen molar-refractivity contribution in [1.29, 1.82) is 5.39 Å². The van der Waals surface area contributed by atoms with Crippen molar-refractivity contribution < 1.29 is 27.9 Å². The number of hydrogen-bond donors (Lipinski definition) is 2. The van der Waals surface area contributed by atoms with E-state index >= 15 is 0 Å². The van der Waals surface area contributed by atoms with Crippen LogP contribution in [0.1, 0.15) is 86.4 Å². The highest BCUT2D eigenvalue weighted by atomic mass is 32.2. The maximum absolute atomic E-state index is 13.5.